The quantitative estimate of drug-likeness (QED) is 0.0977. The van der Waals surface area contributed by atoms with E-state index < -0.39 is 4.92 Å². The molecule has 2 aromatic carbocycles. The van der Waals surface area contributed by atoms with Crippen LogP contribution in [0.3, 0.4) is 0 Å². The van der Waals surface area contributed by atoms with Crippen LogP contribution in [0.25, 0.3) is 0 Å². The number of nitrogens with one attached hydrogen (secondary N) is 3. The average Bonchev–Trinajstić information content (AvgIpc) is 3.05. The summed E-state index contributed by atoms with van der Waals surface area (Å²) in [6.07, 6.45) is 0. The van der Waals surface area contributed by atoms with E-state index in [1.165, 1.54) is 12.1 Å². The van der Waals surface area contributed by atoms with Crippen LogP contribution in [0, 0.1) is 10.1 Å². The minimum Gasteiger partial charge on any atom is -0.378 e. The third-order valence-corrected chi connectivity index (χ3v) is 6.86. The number of hydrogen-bond acceptors (Lipinski definition) is 13. The topological polar surface area (TPSA) is 186 Å². The fourth-order valence-electron chi connectivity index (χ4n) is 4.56. The third-order valence-electron chi connectivity index (χ3n) is 6.86. The van der Waals surface area contributed by atoms with Crippen molar-refractivity contribution in [3.05, 3.63) is 69.8 Å². The molecule has 1 aromatic heterocycles. The lowest BCUT2D eigenvalue weighted by molar-refractivity contribution is -0.384. The molecular formula is C30H42N10O5. The molecule has 0 bridgehead atoms. The number of aromatic nitrogens is 3. The first-order valence-corrected chi connectivity index (χ1v) is 15.1. The molecule has 0 radical (unpaired) electrons. The maximum atomic E-state index is 12.5. The van der Waals surface area contributed by atoms with Crippen molar-refractivity contribution in [2.75, 3.05) is 86.1 Å². The number of amides is 1. The van der Waals surface area contributed by atoms with Gasteiger partial charge >= 0.3 is 0 Å². The van der Waals surface area contributed by atoms with Crippen LogP contribution in [-0.2, 0) is 16.0 Å². The Balaban J connectivity index is 1.29. The van der Waals surface area contributed by atoms with Crippen LogP contribution >= 0.6 is 0 Å². The van der Waals surface area contributed by atoms with Crippen LogP contribution in [-0.4, -0.2) is 97.5 Å². The number of ether oxygens (including phenoxy) is 2. The van der Waals surface area contributed by atoms with Crippen molar-refractivity contribution in [1.29, 1.82) is 0 Å². The van der Waals surface area contributed by atoms with Crippen LogP contribution in [0.15, 0.2) is 48.5 Å². The van der Waals surface area contributed by atoms with Gasteiger partial charge in [-0.15, -0.1) is 0 Å². The second-order valence-corrected chi connectivity index (χ2v) is 10.6. The first-order valence-electron chi connectivity index (χ1n) is 15.1. The van der Waals surface area contributed by atoms with E-state index in [4.69, 9.17) is 20.2 Å². The first kappa shape index (κ1) is 33.3. The van der Waals surface area contributed by atoms with E-state index in [1.54, 1.807) is 24.3 Å². The monoisotopic (exact) mass is 622 g/mol. The molecule has 15 nitrogen and oxygen atoms in total. The SMILES string of the molecule is CC(C)Nc1nc(NCc2ccc(C(=O)NCCOCCOCCN)cc2)nc(N2CCN(c3ccc([N+](=O)[O-])cc3)CC2)n1. The molecule has 0 saturated carbocycles. The lowest BCUT2D eigenvalue weighted by atomic mass is 10.1. The number of rotatable bonds is 17. The van der Waals surface area contributed by atoms with Gasteiger partial charge in [-0.1, -0.05) is 12.1 Å². The van der Waals surface area contributed by atoms with E-state index in [0.717, 1.165) is 24.3 Å². The minimum atomic E-state index is -0.394. The number of carbonyl (C=O) groups is 1. The zero-order valence-corrected chi connectivity index (χ0v) is 25.8. The van der Waals surface area contributed by atoms with Gasteiger partial charge in [-0.3, -0.25) is 14.9 Å². The van der Waals surface area contributed by atoms with Gasteiger partial charge in [0, 0.05) is 75.2 Å². The Hall–Kier alpha value is -4.60. The predicted octanol–water partition coefficient (Wildman–Crippen LogP) is 2.26. The van der Waals surface area contributed by atoms with Crippen LogP contribution in [0.1, 0.15) is 29.8 Å². The molecule has 1 aliphatic heterocycles. The number of hydrogen-bond donors (Lipinski definition) is 4. The highest BCUT2D eigenvalue weighted by atomic mass is 16.6. The van der Waals surface area contributed by atoms with E-state index in [2.05, 4.69) is 35.7 Å². The maximum Gasteiger partial charge on any atom is 0.269 e. The number of non-ortho nitro benzene ring substituents is 1. The molecule has 0 spiro atoms. The molecule has 2 heterocycles. The van der Waals surface area contributed by atoms with Gasteiger partial charge < -0.3 is 41.0 Å². The predicted molar refractivity (Wildman–Crippen MR) is 173 cm³/mol. The normalized spacial score (nSPS) is 13.2. The van der Waals surface area contributed by atoms with Gasteiger partial charge in [0.05, 0.1) is 31.4 Å². The summed E-state index contributed by atoms with van der Waals surface area (Å²) in [5.41, 5.74) is 7.91. The molecule has 0 aliphatic carbocycles. The summed E-state index contributed by atoms with van der Waals surface area (Å²) in [4.78, 5) is 41.3. The molecule has 5 N–H and O–H groups in total. The third kappa shape index (κ3) is 10.5. The van der Waals surface area contributed by atoms with Gasteiger partial charge in [0.15, 0.2) is 0 Å². The summed E-state index contributed by atoms with van der Waals surface area (Å²) in [5, 5.41) is 20.4. The number of nitrogens with zero attached hydrogens (tertiary/aromatic N) is 6. The van der Waals surface area contributed by atoms with Gasteiger partial charge in [-0.2, -0.15) is 15.0 Å². The molecule has 242 valence electrons. The number of anilines is 4. The summed E-state index contributed by atoms with van der Waals surface area (Å²) in [7, 11) is 0. The number of nitro benzene ring substituents is 1. The highest BCUT2D eigenvalue weighted by Gasteiger charge is 2.21. The summed E-state index contributed by atoms with van der Waals surface area (Å²) in [6, 6.07) is 14.1. The number of carbonyl (C=O) groups excluding carboxylic acids is 1. The zero-order valence-electron chi connectivity index (χ0n) is 25.8. The van der Waals surface area contributed by atoms with Crippen molar-refractivity contribution >= 4 is 35.1 Å². The Morgan fingerprint density at radius 2 is 1.56 bits per heavy atom. The van der Waals surface area contributed by atoms with Crippen LogP contribution in [0.4, 0.5) is 29.2 Å². The Labute approximate surface area is 262 Å². The average molecular weight is 623 g/mol. The minimum absolute atomic E-state index is 0.0765. The Bertz CT molecular complexity index is 1370. The van der Waals surface area contributed by atoms with Gasteiger partial charge in [-0.25, -0.2) is 0 Å². The fourth-order valence-corrected chi connectivity index (χ4v) is 4.56. The highest BCUT2D eigenvalue weighted by Crippen LogP contribution is 2.23. The first-order chi connectivity index (χ1) is 21.8. The Kier molecular flexibility index (Phi) is 12.6. The molecule has 15 heteroatoms. The standard InChI is InChI=1S/C30H42N10O5/c1-22(2)34-29-35-28(33-21-23-3-5-24(6-4-23)27(41)32-12-18-45-20-19-44-17-11-31)36-30(37-29)39-15-13-38(14-16-39)25-7-9-26(10-8-25)40(42)43/h3-10,22H,11-21,31H2,1-2H3,(H,32,41)(H2,33,34,35,36,37). The van der Waals surface area contributed by atoms with Crippen molar-refractivity contribution in [3.63, 3.8) is 0 Å². The molecule has 0 unspecified atom stereocenters. The number of piperazine rings is 1. The second-order valence-electron chi connectivity index (χ2n) is 10.6. The van der Waals surface area contributed by atoms with E-state index in [-0.39, 0.29) is 17.6 Å². The lowest BCUT2D eigenvalue weighted by Gasteiger charge is -2.36. The smallest absolute Gasteiger partial charge is 0.269 e. The highest BCUT2D eigenvalue weighted by molar-refractivity contribution is 5.94. The second kappa shape index (κ2) is 17.0. The summed E-state index contributed by atoms with van der Waals surface area (Å²) < 4.78 is 10.7. The van der Waals surface area contributed by atoms with Gasteiger partial charge in [-0.05, 0) is 43.7 Å². The van der Waals surface area contributed by atoms with E-state index in [0.29, 0.717) is 82.6 Å². The molecule has 1 aliphatic rings. The van der Waals surface area contributed by atoms with Gasteiger partial charge in [0.2, 0.25) is 17.8 Å². The zero-order chi connectivity index (χ0) is 32.0. The van der Waals surface area contributed by atoms with Crippen LogP contribution in [0.5, 0.6) is 0 Å². The molecule has 3 aromatic rings. The van der Waals surface area contributed by atoms with E-state index in [1.807, 2.05) is 26.0 Å². The number of benzene rings is 2. The van der Waals surface area contributed by atoms with Crippen molar-refractivity contribution in [2.24, 2.45) is 5.73 Å². The maximum absolute atomic E-state index is 12.5. The summed E-state index contributed by atoms with van der Waals surface area (Å²) in [5.74, 6) is 1.32. The van der Waals surface area contributed by atoms with Crippen molar-refractivity contribution in [1.82, 2.24) is 20.3 Å². The molecule has 45 heavy (non-hydrogen) atoms. The molecule has 4 rings (SSSR count). The van der Waals surface area contributed by atoms with Crippen molar-refractivity contribution in [3.8, 4) is 0 Å². The van der Waals surface area contributed by atoms with Crippen LogP contribution in [0.2, 0.25) is 0 Å². The van der Waals surface area contributed by atoms with E-state index in [9.17, 15) is 14.9 Å². The molecule has 0 atom stereocenters. The van der Waals surface area contributed by atoms with Gasteiger partial charge in [0.25, 0.3) is 11.6 Å². The number of nitrogens with two attached hydrogens (primary N) is 1. The van der Waals surface area contributed by atoms with E-state index >= 15 is 0 Å². The molecule has 1 fully saturated rings. The lowest BCUT2D eigenvalue weighted by Crippen LogP contribution is -2.47. The van der Waals surface area contributed by atoms with Crippen LogP contribution < -0.4 is 31.5 Å². The molecule has 1 amide bonds. The summed E-state index contributed by atoms with van der Waals surface area (Å²) >= 11 is 0. The largest absolute Gasteiger partial charge is 0.378 e. The molecular weight excluding hydrogens is 580 g/mol. The Morgan fingerprint density at radius 1 is 0.911 bits per heavy atom. The van der Waals surface area contributed by atoms with Crippen molar-refractivity contribution in [2.45, 2.75) is 26.4 Å². The number of nitro groups is 1. The Morgan fingerprint density at radius 3 is 2.20 bits per heavy atom. The van der Waals surface area contributed by atoms with Crippen molar-refractivity contribution < 1.29 is 19.2 Å². The van der Waals surface area contributed by atoms with Gasteiger partial charge in [0.1, 0.15) is 0 Å². The fraction of sp³-hybridized carbons (Fsp3) is 0.467. The molecule has 1 saturated heterocycles. The summed E-state index contributed by atoms with van der Waals surface area (Å²) in [6.45, 7) is 10.0.